The van der Waals surface area contributed by atoms with Crippen molar-refractivity contribution in [3.63, 3.8) is 0 Å². The predicted molar refractivity (Wildman–Crippen MR) is 60.3 cm³/mol. The second-order valence-electron chi connectivity index (χ2n) is 4.43. The summed E-state index contributed by atoms with van der Waals surface area (Å²) in [6.45, 7) is 3.52. The third-order valence-electron chi connectivity index (χ3n) is 2.96. The Hall–Kier alpha value is -2.02. The number of nitrogens with two attached hydrogens (primary N) is 1. The van der Waals surface area contributed by atoms with Gasteiger partial charge in [0.1, 0.15) is 11.6 Å². The third-order valence-corrected chi connectivity index (χ3v) is 2.96. The number of nitrogens with zero attached hydrogens (tertiary/aromatic N) is 3. The minimum absolute atomic E-state index is 0.494. The molecule has 0 aliphatic carbocycles. The van der Waals surface area contributed by atoms with Gasteiger partial charge in [-0.1, -0.05) is 13.8 Å². The minimum Gasteiger partial charge on any atom is -0.480 e. The second kappa shape index (κ2) is 3.77. The molecule has 0 saturated heterocycles. The molecular weight excluding hydrogens is 222 g/mol. The Morgan fingerprint density at radius 1 is 1.53 bits per heavy atom. The molecular formula is C10H13N5O2. The third kappa shape index (κ3) is 1.84. The molecule has 2 rings (SSSR count). The van der Waals surface area contributed by atoms with Crippen LogP contribution in [-0.2, 0) is 10.2 Å². The molecule has 17 heavy (non-hydrogen) atoms. The molecule has 4 N–H and O–H groups in total. The Kier molecular flexibility index (Phi) is 2.55. The molecule has 0 fully saturated rings. The zero-order chi connectivity index (χ0) is 12.6. The summed E-state index contributed by atoms with van der Waals surface area (Å²) in [5, 5.41) is 19.2. The Morgan fingerprint density at radius 2 is 2.24 bits per heavy atom. The first-order valence-electron chi connectivity index (χ1n) is 5.08. The van der Waals surface area contributed by atoms with E-state index in [1.807, 2.05) is 0 Å². The summed E-state index contributed by atoms with van der Waals surface area (Å²) in [5.41, 5.74) is 6.75. The highest BCUT2D eigenvalue weighted by molar-refractivity contribution is 5.76. The fourth-order valence-electron chi connectivity index (χ4n) is 1.58. The van der Waals surface area contributed by atoms with E-state index in [4.69, 9.17) is 10.8 Å². The van der Waals surface area contributed by atoms with E-state index in [-0.39, 0.29) is 0 Å². The van der Waals surface area contributed by atoms with E-state index < -0.39 is 17.4 Å². The van der Waals surface area contributed by atoms with E-state index in [2.05, 4.69) is 20.4 Å². The largest absolute Gasteiger partial charge is 0.480 e. The van der Waals surface area contributed by atoms with Crippen molar-refractivity contribution in [1.82, 2.24) is 20.4 Å². The maximum Gasteiger partial charge on any atom is 0.321 e. The topological polar surface area (TPSA) is 118 Å². The van der Waals surface area contributed by atoms with Gasteiger partial charge in [0.05, 0.1) is 0 Å². The molecule has 2 aromatic rings. The van der Waals surface area contributed by atoms with Crippen molar-refractivity contribution in [1.29, 1.82) is 0 Å². The fourth-order valence-corrected chi connectivity index (χ4v) is 1.58. The molecule has 0 aromatic carbocycles. The molecule has 0 radical (unpaired) electrons. The first-order chi connectivity index (χ1) is 7.93. The molecule has 1 atom stereocenters. The number of hydrogen-bond donors (Lipinski definition) is 3. The van der Waals surface area contributed by atoms with Gasteiger partial charge >= 0.3 is 5.97 Å². The summed E-state index contributed by atoms with van der Waals surface area (Å²) < 4.78 is 0. The number of aliphatic carboxylic acids is 1. The van der Waals surface area contributed by atoms with Crippen LogP contribution in [0.2, 0.25) is 0 Å². The molecule has 0 aliphatic heterocycles. The predicted octanol–water partition coefficient (Wildman–Crippen LogP) is 0.0424. The molecule has 0 saturated carbocycles. The number of hydrogen-bond acceptors (Lipinski definition) is 5. The lowest BCUT2D eigenvalue weighted by atomic mass is 9.79. The maximum atomic E-state index is 11.0. The normalized spacial score (nSPS) is 13.8. The van der Waals surface area contributed by atoms with Crippen LogP contribution < -0.4 is 5.73 Å². The van der Waals surface area contributed by atoms with Crippen LogP contribution in [0, 0.1) is 0 Å². The van der Waals surface area contributed by atoms with Gasteiger partial charge in [0.25, 0.3) is 0 Å². The van der Waals surface area contributed by atoms with E-state index in [1.54, 1.807) is 26.1 Å². The molecule has 0 spiro atoms. The van der Waals surface area contributed by atoms with E-state index in [9.17, 15) is 4.79 Å². The minimum atomic E-state index is -1.05. The summed E-state index contributed by atoms with van der Waals surface area (Å²) in [4.78, 5) is 15.0. The zero-order valence-electron chi connectivity index (χ0n) is 9.51. The summed E-state index contributed by atoms with van der Waals surface area (Å²) in [6, 6.07) is 0.739. The van der Waals surface area contributed by atoms with Gasteiger partial charge in [-0.15, -0.1) is 5.10 Å². The molecule has 2 heterocycles. The smallest absolute Gasteiger partial charge is 0.321 e. The molecule has 7 heteroatoms. The van der Waals surface area contributed by atoms with Crippen LogP contribution in [0.1, 0.15) is 19.4 Å². The van der Waals surface area contributed by atoms with Gasteiger partial charge in [-0.3, -0.25) is 4.79 Å². The van der Waals surface area contributed by atoms with Crippen molar-refractivity contribution in [2.45, 2.75) is 25.3 Å². The van der Waals surface area contributed by atoms with Crippen LogP contribution in [-0.4, -0.2) is 37.5 Å². The van der Waals surface area contributed by atoms with Crippen LogP contribution in [0.4, 0.5) is 0 Å². The van der Waals surface area contributed by atoms with Crippen molar-refractivity contribution >= 4 is 17.1 Å². The molecule has 1 unspecified atom stereocenters. The van der Waals surface area contributed by atoms with Gasteiger partial charge in [0.2, 0.25) is 5.65 Å². The van der Waals surface area contributed by atoms with Gasteiger partial charge in [-0.2, -0.15) is 10.3 Å². The molecule has 0 amide bonds. The van der Waals surface area contributed by atoms with E-state index in [1.165, 1.54) is 0 Å². The maximum absolute atomic E-state index is 11.0. The summed E-state index contributed by atoms with van der Waals surface area (Å²) in [5.74, 6) is -1.05. The molecule has 90 valence electrons. The lowest BCUT2D eigenvalue weighted by Gasteiger charge is -2.28. The number of H-pyrrole nitrogens is 1. The average Bonchev–Trinajstić information content (AvgIpc) is 2.74. The number of carboxylic acids is 1. The number of carbonyl (C=O) groups is 1. The summed E-state index contributed by atoms with van der Waals surface area (Å²) in [7, 11) is 0. The van der Waals surface area contributed by atoms with Crippen molar-refractivity contribution in [3.8, 4) is 0 Å². The number of aromatic amines is 1. The molecule has 0 aliphatic rings. The summed E-state index contributed by atoms with van der Waals surface area (Å²) >= 11 is 0. The Balaban J connectivity index is 2.47. The number of aromatic nitrogens is 4. The van der Waals surface area contributed by atoms with E-state index in [0.29, 0.717) is 16.7 Å². The average molecular weight is 235 g/mol. The zero-order valence-corrected chi connectivity index (χ0v) is 9.51. The van der Waals surface area contributed by atoms with Crippen molar-refractivity contribution in [3.05, 3.63) is 17.8 Å². The Labute approximate surface area is 97.0 Å². The second-order valence-corrected chi connectivity index (χ2v) is 4.43. The first kappa shape index (κ1) is 11.5. The van der Waals surface area contributed by atoms with Gasteiger partial charge < -0.3 is 10.8 Å². The lowest BCUT2D eigenvalue weighted by Crippen LogP contribution is -2.46. The van der Waals surface area contributed by atoms with Gasteiger partial charge in [-0.05, 0) is 11.6 Å². The Bertz CT molecular complexity index is 563. The van der Waals surface area contributed by atoms with E-state index >= 15 is 0 Å². The van der Waals surface area contributed by atoms with Crippen LogP contribution in [0.5, 0.6) is 0 Å². The van der Waals surface area contributed by atoms with Crippen LogP contribution in [0.3, 0.4) is 0 Å². The summed E-state index contributed by atoms with van der Waals surface area (Å²) in [6.07, 6.45) is 1.58. The highest BCUT2D eigenvalue weighted by Crippen LogP contribution is 2.27. The SMILES string of the molecule is CC(C)(c1cnc2n[nH]nc2c1)C(N)C(=O)O. The Morgan fingerprint density at radius 3 is 2.88 bits per heavy atom. The van der Waals surface area contributed by atoms with Gasteiger partial charge in [0, 0.05) is 11.6 Å². The molecule has 2 aromatic heterocycles. The number of nitrogens with one attached hydrogen (secondary N) is 1. The van der Waals surface area contributed by atoms with E-state index in [0.717, 1.165) is 0 Å². The highest BCUT2D eigenvalue weighted by atomic mass is 16.4. The van der Waals surface area contributed by atoms with Crippen LogP contribution in [0.25, 0.3) is 11.2 Å². The quantitative estimate of drug-likeness (QED) is 0.691. The molecule has 7 nitrogen and oxygen atoms in total. The number of pyridine rings is 1. The van der Waals surface area contributed by atoms with Crippen LogP contribution in [0.15, 0.2) is 12.3 Å². The lowest BCUT2D eigenvalue weighted by molar-refractivity contribution is -0.140. The highest BCUT2D eigenvalue weighted by Gasteiger charge is 2.34. The van der Waals surface area contributed by atoms with Gasteiger partial charge in [0.15, 0.2) is 0 Å². The van der Waals surface area contributed by atoms with Crippen LogP contribution >= 0.6 is 0 Å². The first-order valence-corrected chi connectivity index (χ1v) is 5.08. The van der Waals surface area contributed by atoms with Gasteiger partial charge in [-0.25, -0.2) is 4.98 Å². The number of carboxylic acid groups (broad SMARTS) is 1. The van der Waals surface area contributed by atoms with Crippen molar-refractivity contribution in [2.75, 3.05) is 0 Å². The monoisotopic (exact) mass is 235 g/mol. The number of fused-ring (bicyclic) bond motifs is 1. The van der Waals surface area contributed by atoms with Crippen molar-refractivity contribution in [2.24, 2.45) is 5.73 Å². The fraction of sp³-hybridized carbons (Fsp3) is 0.400. The molecule has 0 bridgehead atoms. The standard InChI is InChI=1S/C10H13N5O2/c1-10(2,7(11)9(16)17)5-3-6-8(12-4-5)14-15-13-6/h3-4,7H,11H2,1-2H3,(H,16,17)(H,12,13,14,15). The number of rotatable bonds is 3. The van der Waals surface area contributed by atoms with Crippen molar-refractivity contribution < 1.29 is 9.90 Å².